The maximum Gasteiger partial charge on any atom is 0.0563 e. The van der Waals surface area contributed by atoms with Gasteiger partial charge in [-0.2, -0.15) is 0 Å². The quantitative estimate of drug-likeness (QED) is 0.493. The summed E-state index contributed by atoms with van der Waals surface area (Å²) in [4.78, 5) is 1.96. The third-order valence-corrected chi connectivity index (χ3v) is 1.71. The molecule has 2 nitrogen and oxygen atoms in total. The molecule has 0 aliphatic carbocycles. The number of hydrogen-bond donors (Lipinski definition) is 1. The van der Waals surface area contributed by atoms with Crippen molar-refractivity contribution in [3.63, 3.8) is 0 Å². The fraction of sp³-hybridized carbons (Fsp3) is 0.833. The lowest BCUT2D eigenvalue weighted by Crippen LogP contribution is -2.25. The van der Waals surface area contributed by atoms with Gasteiger partial charge in [-0.05, 0) is 19.4 Å². The van der Waals surface area contributed by atoms with E-state index in [2.05, 4.69) is 7.05 Å². The highest BCUT2D eigenvalue weighted by atomic mass is 16.3. The van der Waals surface area contributed by atoms with Crippen LogP contribution in [0, 0.1) is 7.05 Å². The minimum atomic E-state index is 0.267. The third-order valence-electron chi connectivity index (χ3n) is 1.71. The van der Waals surface area contributed by atoms with Gasteiger partial charge in [0.25, 0.3) is 0 Å². The fourth-order valence-electron chi connectivity index (χ4n) is 1.10. The van der Waals surface area contributed by atoms with Crippen molar-refractivity contribution in [1.29, 1.82) is 0 Å². The van der Waals surface area contributed by atoms with Gasteiger partial charge in [-0.3, -0.25) is 7.05 Å². The van der Waals surface area contributed by atoms with Crippen LogP contribution < -0.4 is 0 Å². The summed E-state index contributed by atoms with van der Waals surface area (Å²) in [5.74, 6) is 0. The minimum Gasteiger partial charge on any atom is -0.455 e. The first-order chi connectivity index (χ1) is 3.84. The Morgan fingerprint density at radius 2 is 2.50 bits per heavy atom. The Morgan fingerprint density at radius 3 is 2.75 bits per heavy atom. The predicted octanol–water partition coefficient (Wildman–Crippen LogP) is 0.235. The molecule has 1 fully saturated rings. The molecular weight excluding hydrogens is 102 g/mol. The molecule has 1 rings (SSSR count). The van der Waals surface area contributed by atoms with E-state index in [1.807, 2.05) is 4.90 Å². The highest BCUT2D eigenvalue weighted by Crippen LogP contribution is 2.13. The Balaban J connectivity index is 2.30. The lowest BCUT2D eigenvalue weighted by molar-refractivity contribution is 0.194. The molecule has 8 heavy (non-hydrogen) atoms. The maximum atomic E-state index is 8.65. The molecule has 0 unspecified atom stereocenters. The second-order valence-electron chi connectivity index (χ2n) is 2.29. The van der Waals surface area contributed by atoms with Crippen LogP contribution in [0.5, 0.6) is 0 Å². The molecule has 0 aromatic heterocycles. The molecule has 1 aliphatic heterocycles. The van der Waals surface area contributed by atoms with Crippen LogP contribution in [0.4, 0.5) is 0 Å². The van der Waals surface area contributed by atoms with Crippen LogP contribution in [0.2, 0.25) is 0 Å². The van der Waals surface area contributed by atoms with Crippen molar-refractivity contribution in [3.8, 4) is 0 Å². The molecule has 0 spiro atoms. The summed E-state index contributed by atoms with van der Waals surface area (Å²) in [5.41, 5.74) is 0. The molecule has 0 aromatic rings. The van der Waals surface area contributed by atoms with Gasteiger partial charge in [-0.25, -0.2) is 0 Å². The molecule has 1 atom stereocenters. The van der Waals surface area contributed by atoms with Crippen LogP contribution in [0.1, 0.15) is 12.8 Å². The first-order valence-electron chi connectivity index (χ1n) is 3.02. The van der Waals surface area contributed by atoms with Gasteiger partial charge in [0.05, 0.1) is 6.61 Å². The van der Waals surface area contributed by atoms with Crippen LogP contribution >= 0.6 is 0 Å². The SMILES string of the molecule is [CH2-]N1CCC[C@@H]1CO. The predicted molar refractivity (Wildman–Crippen MR) is 32.2 cm³/mol. The van der Waals surface area contributed by atoms with Crippen molar-refractivity contribution in [2.45, 2.75) is 18.9 Å². The minimum absolute atomic E-state index is 0.267. The van der Waals surface area contributed by atoms with Crippen LogP contribution in [0.15, 0.2) is 0 Å². The van der Waals surface area contributed by atoms with E-state index in [1.165, 1.54) is 6.42 Å². The number of aliphatic hydroxyl groups excluding tert-OH is 1. The van der Waals surface area contributed by atoms with Crippen molar-refractivity contribution in [1.82, 2.24) is 4.90 Å². The largest absolute Gasteiger partial charge is 0.455 e. The highest BCUT2D eigenvalue weighted by Gasteiger charge is 2.13. The van der Waals surface area contributed by atoms with E-state index in [0.29, 0.717) is 6.04 Å². The average molecular weight is 114 g/mol. The summed E-state index contributed by atoms with van der Waals surface area (Å²) in [6, 6.07) is 0.343. The normalized spacial score (nSPS) is 31.5. The number of nitrogens with zero attached hydrogens (tertiary/aromatic N) is 1. The van der Waals surface area contributed by atoms with Crippen LogP contribution in [0.25, 0.3) is 0 Å². The number of likely N-dealkylation sites (tertiary alicyclic amines) is 1. The van der Waals surface area contributed by atoms with Crippen molar-refractivity contribution < 1.29 is 5.11 Å². The summed E-state index contributed by atoms with van der Waals surface area (Å²) >= 11 is 0. The van der Waals surface area contributed by atoms with Crippen molar-refractivity contribution in [3.05, 3.63) is 7.05 Å². The number of aliphatic hydroxyl groups is 1. The summed E-state index contributed by atoms with van der Waals surface area (Å²) in [6.45, 7) is 1.31. The molecule has 1 heterocycles. The van der Waals surface area contributed by atoms with Gasteiger partial charge in [-0.15, -0.1) is 0 Å². The zero-order valence-corrected chi connectivity index (χ0v) is 5.01. The fourth-order valence-corrected chi connectivity index (χ4v) is 1.10. The van der Waals surface area contributed by atoms with E-state index in [-0.39, 0.29) is 6.61 Å². The Hall–Kier alpha value is -0.0800. The molecule has 0 amide bonds. The lowest BCUT2D eigenvalue weighted by atomic mass is 10.2. The van der Waals surface area contributed by atoms with E-state index in [1.54, 1.807) is 0 Å². The van der Waals surface area contributed by atoms with Crippen LogP contribution in [-0.2, 0) is 0 Å². The van der Waals surface area contributed by atoms with E-state index in [0.717, 1.165) is 13.0 Å². The second-order valence-corrected chi connectivity index (χ2v) is 2.29. The van der Waals surface area contributed by atoms with E-state index in [4.69, 9.17) is 5.11 Å². The number of hydrogen-bond acceptors (Lipinski definition) is 2. The Morgan fingerprint density at radius 1 is 1.75 bits per heavy atom. The van der Waals surface area contributed by atoms with Gasteiger partial charge < -0.3 is 10.0 Å². The molecule has 2 heteroatoms. The molecule has 0 bridgehead atoms. The summed E-state index contributed by atoms with van der Waals surface area (Å²) in [6.07, 6.45) is 2.30. The van der Waals surface area contributed by atoms with E-state index in [9.17, 15) is 0 Å². The summed E-state index contributed by atoms with van der Waals surface area (Å²) < 4.78 is 0. The topological polar surface area (TPSA) is 23.5 Å². The van der Waals surface area contributed by atoms with Crippen molar-refractivity contribution in [2.24, 2.45) is 0 Å². The average Bonchev–Trinajstić information content (AvgIpc) is 2.14. The van der Waals surface area contributed by atoms with Gasteiger partial charge in [0.15, 0.2) is 0 Å². The highest BCUT2D eigenvalue weighted by molar-refractivity contribution is 4.76. The van der Waals surface area contributed by atoms with Gasteiger partial charge in [0.2, 0.25) is 0 Å². The smallest absolute Gasteiger partial charge is 0.0563 e. The maximum absolute atomic E-state index is 8.65. The van der Waals surface area contributed by atoms with Crippen LogP contribution in [-0.4, -0.2) is 29.2 Å². The Bertz CT molecular complexity index is 74.9. The molecular formula is C6H12NO-. The zero-order chi connectivity index (χ0) is 5.98. The summed E-state index contributed by atoms with van der Waals surface area (Å²) in [7, 11) is 3.76. The monoisotopic (exact) mass is 114 g/mol. The number of rotatable bonds is 1. The first kappa shape index (κ1) is 6.05. The molecule has 48 valence electrons. The molecule has 0 aromatic carbocycles. The standard InChI is InChI=1S/C6H12NO/c1-7-4-2-3-6(7)5-8/h6,8H,1-5H2/q-1/t6-/m1/s1. The molecule has 1 N–H and O–H groups in total. The summed E-state index contributed by atoms with van der Waals surface area (Å²) in [5, 5.41) is 8.65. The van der Waals surface area contributed by atoms with Gasteiger partial charge in [-0.1, -0.05) is 0 Å². The lowest BCUT2D eigenvalue weighted by Gasteiger charge is -2.24. The van der Waals surface area contributed by atoms with Crippen molar-refractivity contribution >= 4 is 0 Å². The molecule has 0 saturated carbocycles. The van der Waals surface area contributed by atoms with Crippen molar-refractivity contribution in [2.75, 3.05) is 13.2 Å². The van der Waals surface area contributed by atoms with E-state index < -0.39 is 0 Å². The first-order valence-corrected chi connectivity index (χ1v) is 3.02. The van der Waals surface area contributed by atoms with Crippen LogP contribution in [0.3, 0.4) is 0 Å². The molecule has 0 radical (unpaired) electrons. The Labute approximate surface area is 50.1 Å². The third kappa shape index (κ3) is 1.01. The van der Waals surface area contributed by atoms with E-state index >= 15 is 0 Å². The van der Waals surface area contributed by atoms with Gasteiger partial charge >= 0.3 is 0 Å². The molecule has 1 saturated heterocycles. The van der Waals surface area contributed by atoms with Gasteiger partial charge in [0, 0.05) is 6.04 Å². The molecule has 1 aliphatic rings. The second kappa shape index (κ2) is 2.46. The Kier molecular flexibility index (Phi) is 1.86. The zero-order valence-electron chi connectivity index (χ0n) is 5.01. The van der Waals surface area contributed by atoms with Gasteiger partial charge in [0.1, 0.15) is 0 Å².